The van der Waals surface area contributed by atoms with Crippen LogP contribution in [0.5, 0.6) is 0 Å². The number of furan rings is 1. The molecule has 0 saturated carbocycles. The van der Waals surface area contributed by atoms with Crippen molar-refractivity contribution in [2.24, 2.45) is 0 Å². The summed E-state index contributed by atoms with van der Waals surface area (Å²) in [6, 6.07) is 3.37. The Morgan fingerprint density at radius 3 is 2.72 bits per heavy atom. The zero-order valence-corrected chi connectivity index (χ0v) is 14.9. The van der Waals surface area contributed by atoms with Crippen molar-refractivity contribution in [1.82, 2.24) is 15.1 Å². The molecule has 0 bridgehead atoms. The van der Waals surface area contributed by atoms with Gasteiger partial charge in [-0.05, 0) is 13.0 Å². The lowest BCUT2D eigenvalue weighted by atomic mass is 10.1. The summed E-state index contributed by atoms with van der Waals surface area (Å²) in [5, 5.41) is 3.23. The number of nitrogens with one attached hydrogen (secondary N) is 1. The van der Waals surface area contributed by atoms with Crippen LogP contribution >= 0.6 is 11.3 Å². The average molecular weight is 363 g/mol. The molecular formula is C17H21N3O4S. The first-order chi connectivity index (χ1) is 12.1. The van der Waals surface area contributed by atoms with Gasteiger partial charge in [-0.15, -0.1) is 11.3 Å². The summed E-state index contributed by atoms with van der Waals surface area (Å²) in [5.41, 5.74) is 0.750. The van der Waals surface area contributed by atoms with E-state index in [0.29, 0.717) is 44.2 Å². The summed E-state index contributed by atoms with van der Waals surface area (Å²) >= 11 is 1.44. The molecule has 7 nitrogen and oxygen atoms in total. The van der Waals surface area contributed by atoms with E-state index < -0.39 is 0 Å². The Hall–Kier alpha value is -1.90. The molecule has 2 aliphatic rings. The molecule has 4 rings (SSSR count). The molecule has 2 aromatic heterocycles. The molecule has 134 valence electrons. The topological polar surface area (TPSA) is 75.0 Å². The second kappa shape index (κ2) is 6.78. The van der Waals surface area contributed by atoms with E-state index in [2.05, 4.69) is 5.32 Å². The van der Waals surface area contributed by atoms with Crippen LogP contribution < -0.4 is 5.32 Å². The number of rotatable bonds is 2. The quantitative estimate of drug-likeness (QED) is 0.867. The van der Waals surface area contributed by atoms with E-state index in [4.69, 9.17) is 9.15 Å². The zero-order valence-electron chi connectivity index (χ0n) is 14.1. The number of fused-ring (bicyclic) bond motifs is 1. The average Bonchev–Trinajstić information content (AvgIpc) is 3.23. The number of piperazine rings is 1. The third-order valence-electron chi connectivity index (χ3n) is 4.81. The Labute approximate surface area is 149 Å². The third kappa shape index (κ3) is 3.17. The maximum absolute atomic E-state index is 12.7. The lowest BCUT2D eigenvalue weighted by molar-refractivity contribution is -0.140. The highest BCUT2D eigenvalue weighted by atomic mass is 32.1. The number of morpholine rings is 1. The first-order valence-corrected chi connectivity index (χ1v) is 9.35. The molecule has 2 aromatic rings. The number of ether oxygens (including phenoxy) is 1. The van der Waals surface area contributed by atoms with Gasteiger partial charge in [0.05, 0.1) is 28.6 Å². The maximum Gasteiger partial charge on any atom is 0.264 e. The Kier molecular flexibility index (Phi) is 4.49. The van der Waals surface area contributed by atoms with Crippen LogP contribution in [0.15, 0.2) is 22.8 Å². The standard InChI is InChI=1S/C17H21N3O4S/c1-11-15(18-3-9-23-11)17(22)20-6-4-19(5-7-20)16(21)14-10-12-13(25-14)2-8-24-12/h2,8,10-11,15,18H,3-7,9H2,1H3/t11-,15+/m1/s1. The van der Waals surface area contributed by atoms with Crippen LogP contribution in [-0.4, -0.2) is 73.1 Å². The molecule has 2 atom stereocenters. The summed E-state index contributed by atoms with van der Waals surface area (Å²) in [7, 11) is 0. The van der Waals surface area contributed by atoms with Crippen molar-refractivity contribution in [3.8, 4) is 0 Å². The van der Waals surface area contributed by atoms with Crippen LogP contribution in [0.2, 0.25) is 0 Å². The molecule has 0 radical (unpaired) electrons. The summed E-state index contributed by atoms with van der Waals surface area (Å²) in [5.74, 6) is 0.0731. The maximum atomic E-state index is 12.7. The minimum absolute atomic E-state index is 0.0102. The SMILES string of the molecule is C[C@H]1OCCN[C@@H]1C(=O)N1CCN(C(=O)c2cc3occc3s2)CC1. The molecule has 0 unspecified atom stereocenters. The largest absolute Gasteiger partial charge is 0.463 e. The van der Waals surface area contributed by atoms with Gasteiger partial charge in [0.15, 0.2) is 0 Å². The second-order valence-electron chi connectivity index (χ2n) is 6.38. The minimum Gasteiger partial charge on any atom is -0.463 e. The minimum atomic E-state index is -0.291. The molecule has 2 amide bonds. The third-order valence-corrected chi connectivity index (χ3v) is 5.88. The van der Waals surface area contributed by atoms with Gasteiger partial charge in [-0.1, -0.05) is 0 Å². The first kappa shape index (κ1) is 16.6. The van der Waals surface area contributed by atoms with Gasteiger partial charge in [0.1, 0.15) is 11.6 Å². The van der Waals surface area contributed by atoms with E-state index in [1.807, 2.05) is 22.8 Å². The lowest BCUT2D eigenvalue weighted by Gasteiger charge is -2.38. The molecule has 25 heavy (non-hydrogen) atoms. The van der Waals surface area contributed by atoms with Gasteiger partial charge < -0.3 is 24.3 Å². The highest BCUT2D eigenvalue weighted by Crippen LogP contribution is 2.27. The zero-order chi connectivity index (χ0) is 17.4. The fraction of sp³-hybridized carbons (Fsp3) is 0.529. The van der Waals surface area contributed by atoms with Gasteiger partial charge in [0, 0.05) is 38.8 Å². The number of nitrogens with zero attached hydrogens (tertiary/aromatic N) is 2. The number of carbonyl (C=O) groups is 2. The first-order valence-electron chi connectivity index (χ1n) is 8.53. The normalized spacial score (nSPS) is 24.7. The van der Waals surface area contributed by atoms with Crippen LogP contribution in [0.4, 0.5) is 0 Å². The summed E-state index contributed by atoms with van der Waals surface area (Å²) in [4.78, 5) is 29.6. The van der Waals surface area contributed by atoms with Gasteiger partial charge in [-0.2, -0.15) is 0 Å². The number of thiophene rings is 1. The van der Waals surface area contributed by atoms with E-state index in [9.17, 15) is 9.59 Å². The molecule has 0 aliphatic carbocycles. The highest BCUT2D eigenvalue weighted by molar-refractivity contribution is 7.20. The summed E-state index contributed by atoms with van der Waals surface area (Å²) in [6.45, 7) is 5.45. The molecule has 4 heterocycles. The van der Waals surface area contributed by atoms with Gasteiger partial charge in [0.25, 0.3) is 5.91 Å². The number of carbonyl (C=O) groups excluding carboxylic acids is 2. The van der Waals surface area contributed by atoms with Crippen LogP contribution in [0, 0.1) is 0 Å². The van der Waals surface area contributed by atoms with Crippen molar-refractivity contribution in [2.45, 2.75) is 19.1 Å². The molecule has 8 heteroatoms. The van der Waals surface area contributed by atoms with E-state index >= 15 is 0 Å². The van der Waals surface area contributed by atoms with Crippen LogP contribution in [0.3, 0.4) is 0 Å². The Morgan fingerprint density at radius 1 is 1.24 bits per heavy atom. The Bertz CT molecular complexity index is 749. The Morgan fingerprint density at radius 2 is 2.00 bits per heavy atom. The van der Waals surface area contributed by atoms with E-state index in [1.54, 1.807) is 12.3 Å². The predicted octanol–water partition coefficient (Wildman–Crippen LogP) is 1.16. The molecular weight excluding hydrogens is 342 g/mol. The highest BCUT2D eigenvalue weighted by Gasteiger charge is 2.34. The van der Waals surface area contributed by atoms with Crippen molar-refractivity contribution in [3.63, 3.8) is 0 Å². The number of hydrogen-bond acceptors (Lipinski definition) is 6. The fourth-order valence-corrected chi connectivity index (χ4v) is 4.31. The lowest BCUT2D eigenvalue weighted by Crippen LogP contribution is -2.60. The predicted molar refractivity (Wildman–Crippen MR) is 93.8 cm³/mol. The molecule has 2 aliphatic heterocycles. The van der Waals surface area contributed by atoms with Crippen LogP contribution in [-0.2, 0) is 9.53 Å². The summed E-state index contributed by atoms with van der Waals surface area (Å²) in [6.07, 6.45) is 1.51. The van der Waals surface area contributed by atoms with Crippen molar-refractivity contribution < 1.29 is 18.7 Å². The van der Waals surface area contributed by atoms with Crippen molar-refractivity contribution in [1.29, 1.82) is 0 Å². The molecule has 0 spiro atoms. The van der Waals surface area contributed by atoms with Gasteiger partial charge in [0.2, 0.25) is 5.91 Å². The number of amides is 2. The van der Waals surface area contributed by atoms with Gasteiger partial charge >= 0.3 is 0 Å². The van der Waals surface area contributed by atoms with Gasteiger partial charge in [-0.3, -0.25) is 9.59 Å². The smallest absolute Gasteiger partial charge is 0.264 e. The molecule has 0 aromatic carbocycles. The van der Waals surface area contributed by atoms with Crippen LogP contribution in [0.1, 0.15) is 16.6 Å². The molecule has 2 saturated heterocycles. The van der Waals surface area contributed by atoms with Crippen molar-refractivity contribution in [2.75, 3.05) is 39.3 Å². The van der Waals surface area contributed by atoms with Crippen molar-refractivity contribution in [3.05, 3.63) is 23.3 Å². The van der Waals surface area contributed by atoms with Gasteiger partial charge in [-0.25, -0.2) is 0 Å². The molecule has 1 N–H and O–H groups in total. The monoisotopic (exact) mass is 363 g/mol. The van der Waals surface area contributed by atoms with Crippen molar-refractivity contribution >= 4 is 33.4 Å². The molecule has 2 fully saturated rings. The van der Waals surface area contributed by atoms with E-state index in [1.165, 1.54) is 11.3 Å². The van der Waals surface area contributed by atoms with E-state index in [0.717, 1.165) is 10.3 Å². The Balaban J connectivity index is 1.36. The fourth-order valence-electron chi connectivity index (χ4n) is 3.36. The summed E-state index contributed by atoms with van der Waals surface area (Å²) < 4.78 is 11.9. The van der Waals surface area contributed by atoms with E-state index in [-0.39, 0.29) is 24.0 Å². The second-order valence-corrected chi connectivity index (χ2v) is 7.47. The van der Waals surface area contributed by atoms with Crippen LogP contribution in [0.25, 0.3) is 10.3 Å². The number of hydrogen-bond donors (Lipinski definition) is 1.